The summed E-state index contributed by atoms with van der Waals surface area (Å²) in [5, 5.41) is 0. The molecule has 0 amide bonds. The van der Waals surface area contributed by atoms with Crippen molar-refractivity contribution in [2.75, 3.05) is 0 Å². The molecule has 0 fully saturated rings. The molecule has 0 spiro atoms. The van der Waals surface area contributed by atoms with Gasteiger partial charge in [-0.3, -0.25) is 0 Å². The van der Waals surface area contributed by atoms with Crippen LogP contribution in [0.5, 0.6) is 0 Å². The zero-order valence-corrected chi connectivity index (χ0v) is 9.77. The largest absolute Gasteiger partial charge is 1.00 e. The fourth-order valence-corrected chi connectivity index (χ4v) is 1.16. The third-order valence-corrected chi connectivity index (χ3v) is 1.64. The van der Waals surface area contributed by atoms with Gasteiger partial charge in [0.2, 0.25) is 0 Å². The average Bonchev–Trinajstić information content (AvgIpc) is 2.54. The van der Waals surface area contributed by atoms with Gasteiger partial charge in [-0.1, -0.05) is 6.42 Å². The van der Waals surface area contributed by atoms with Crippen LogP contribution in [-0.4, -0.2) is 15.7 Å². The minimum Gasteiger partial charge on any atom is -0.435 e. The maximum Gasteiger partial charge on any atom is 1.00 e. The van der Waals surface area contributed by atoms with Gasteiger partial charge in [0.05, 0.1) is 0 Å². The summed E-state index contributed by atoms with van der Waals surface area (Å²) in [4.78, 5) is 31.3. The van der Waals surface area contributed by atoms with Gasteiger partial charge in [-0.25, -0.2) is 0 Å². The second kappa shape index (κ2) is 6.56. The average molecular weight is 202 g/mol. The van der Waals surface area contributed by atoms with Crippen molar-refractivity contribution in [1.82, 2.24) is 9.55 Å². The molecular weight excluding hydrogens is 195 g/mol. The summed E-state index contributed by atoms with van der Waals surface area (Å²) in [6.07, 6.45) is 3.65. The van der Waals surface area contributed by atoms with E-state index in [9.17, 15) is 4.79 Å². The maximum absolute atomic E-state index is 11.0. The first-order valence-corrected chi connectivity index (χ1v) is 3.68. The summed E-state index contributed by atoms with van der Waals surface area (Å²) in [6, 6.07) is 1.48. The maximum atomic E-state index is 11.0. The number of carbonyl (C=O) groups excluding carboxylic acids is 2. The monoisotopic (exact) mass is 202 g/mol. The molecule has 1 aromatic heterocycles. The van der Waals surface area contributed by atoms with Gasteiger partial charge < -0.3 is 14.3 Å². The second-order valence-corrected chi connectivity index (χ2v) is 2.37. The molecule has 1 aliphatic heterocycles. The molecule has 0 N–H and O–H groups in total. The van der Waals surface area contributed by atoms with E-state index in [0.29, 0.717) is 0 Å². The number of nitrogens with zero attached hydrogens (tertiary/aromatic N) is 2. The van der Waals surface area contributed by atoms with Crippen LogP contribution < -0.4 is 35.1 Å². The Morgan fingerprint density at radius 2 is 2.14 bits per heavy atom. The molecule has 14 heavy (non-hydrogen) atoms. The number of rotatable bonds is 0. The normalized spacial score (nSPS) is 10.9. The number of aromatic nitrogens is 2. The molecule has 5 nitrogen and oxygen atoms in total. The van der Waals surface area contributed by atoms with Crippen LogP contribution >= 0.6 is 0 Å². The molecule has 0 atom stereocenters. The van der Waals surface area contributed by atoms with E-state index in [1.807, 2.05) is 6.54 Å². The molecule has 2 rings (SSSR count). The first-order valence-electron chi connectivity index (χ1n) is 3.68. The summed E-state index contributed by atoms with van der Waals surface area (Å²) in [5.41, 5.74) is 0.0301. The van der Waals surface area contributed by atoms with E-state index >= 15 is 0 Å². The molecule has 0 unspecified atom stereocenters. The standard InChI is InChI=1S/C7H7N2O.CO2.Na/c10-7-3-4-8-6-2-1-5-9(6)7;2-1-3;/h3-5H,1-2H2;;/q-1;;+1. The molecule has 68 valence electrons. The molecule has 1 aromatic rings. The first-order chi connectivity index (χ1) is 6.29. The van der Waals surface area contributed by atoms with E-state index in [0.717, 1.165) is 18.7 Å². The van der Waals surface area contributed by atoms with Crippen LogP contribution in [0.4, 0.5) is 0 Å². The van der Waals surface area contributed by atoms with Crippen LogP contribution in [0.2, 0.25) is 0 Å². The Bertz CT molecular complexity index is 382. The van der Waals surface area contributed by atoms with Crippen molar-refractivity contribution in [1.29, 1.82) is 0 Å². The summed E-state index contributed by atoms with van der Waals surface area (Å²) in [5.74, 6) is 0.882. The fraction of sp³-hybridized carbons (Fsp3) is 0.250. The Morgan fingerprint density at radius 1 is 1.50 bits per heavy atom. The fourth-order valence-electron chi connectivity index (χ4n) is 1.16. The van der Waals surface area contributed by atoms with Crippen LogP contribution in [0.15, 0.2) is 17.1 Å². The van der Waals surface area contributed by atoms with Crippen molar-refractivity contribution >= 4 is 6.15 Å². The third-order valence-electron chi connectivity index (χ3n) is 1.64. The molecule has 1 aliphatic rings. The van der Waals surface area contributed by atoms with E-state index in [2.05, 4.69) is 4.98 Å². The molecule has 0 saturated carbocycles. The Morgan fingerprint density at radius 3 is 2.71 bits per heavy atom. The van der Waals surface area contributed by atoms with Gasteiger partial charge in [0.1, 0.15) is 5.56 Å². The van der Waals surface area contributed by atoms with Gasteiger partial charge >= 0.3 is 35.7 Å². The molecule has 0 saturated heterocycles. The van der Waals surface area contributed by atoms with Crippen molar-refractivity contribution in [3.8, 4) is 0 Å². The molecule has 0 bridgehead atoms. The van der Waals surface area contributed by atoms with E-state index in [4.69, 9.17) is 9.59 Å². The SMILES string of the molecule is O=C=O.O=c1ccnc2n1[CH-]CC2.[Na+]. The van der Waals surface area contributed by atoms with Crippen LogP contribution in [0, 0.1) is 6.54 Å². The van der Waals surface area contributed by atoms with Gasteiger partial charge in [-0.2, -0.15) is 9.59 Å². The zero-order chi connectivity index (χ0) is 9.68. The predicted molar refractivity (Wildman–Crippen MR) is 41.5 cm³/mol. The van der Waals surface area contributed by atoms with Gasteiger partial charge in [-0.15, -0.1) is 6.54 Å². The van der Waals surface area contributed by atoms with Crippen LogP contribution in [0.1, 0.15) is 12.2 Å². The predicted octanol–water partition coefficient (Wildman–Crippen LogP) is -3.38. The van der Waals surface area contributed by atoms with E-state index in [-0.39, 0.29) is 41.3 Å². The van der Waals surface area contributed by atoms with Crippen molar-refractivity contribution in [2.45, 2.75) is 12.8 Å². The second-order valence-electron chi connectivity index (χ2n) is 2.37. The summed E-state index contributed by atoms with van der Waals surface area (Å²) < 4.78 is 1.61. The van der Waals surface area contributed by atoms with Gasteiger partial charge in [0.15, 0.2) is 0 Å². The summed E-state index contributed by atoms with van der Waals surface area (Å²) >= 11 is 0. The zero-order valence-electron chi connectivity index (χ0n) is 7.77. The van der Waals surface area contributed by atoms with Crippen molar-refractivity contribution in [2.24, 2.45) is 0 Å². The van der Waals surface area contributed by atoms with Crippen molar-refractivity contribution < 1.29 is 39.1 Å². The van der Waals surface area contributed by atoms with E-state index in [1.165, 1.54) is 6.07 Å². The first kappa shape index (κ1) is 13.1. The number of fused-ring (bicyclic) bond motifs is 1. The molecular formula is C8H7N2NaO3. The topological polar surface area (TPSA) is 69.0 Å². The molecule has 0 aromatic carbocycles. The van der Waals surface area contributed by atoms with E-state index in [1.54, 1.807) is 10.8 Å². The quantitative estimate of drug-likeness (QED) is 0.325. The Labute approximate surface area is 102 Å². The molecule has 6 heteroatoms. The summed E-state index contributed by atoms with van der Waals surface area (Å²) in [7, 11) is 0. The number of hydrogen-bond acceptors (Lipinski definition) is 4. The number of aryl methyl sites for hydroxylation is 1. The minimum absolute atomic E-state index is 0. The smallest absolute Gasteiger partial charge is 0.435 e. The molecule has 0 radical (unpaired) electrons. The van der Waals surface area contributed by atoms with Gasteiger partial charge in [0, 0.05) is 12.0 Å². The minimum atomic E-state index is 0. The third kappa shape index (κ3) is 3.12. The van der Waals surface area contributed by atoms with Gasteiger partial charge in [-0.05, 0) is 12.5 Å². The Kier molecular flexibility index (Phi) is 6.16. The Balaban J connectivity index is 0.000000381. The molecule has 2 heterocycles. The van der Waals surface area contributed by atoms with Crippen LogP contribution in [-0.2, 0) is 16.0 Å². The molecule has 0 aliphatic carbocycles. The van der Waals surface area contributed by atoms with Crippen molar-refractivity contribution in [3.05, 3.63) is 35.0 Å². The number of hydrogen-bond donors (Lipinski definition) is 0. The van der Waals surface area contributed by atoms with Crippen LogP contribution in [0.25, 0.3) is 0 Å². The van der Waals surface area contributed by atoms with Gasteiger partial charge in [0.25, 0.3) is 0 Å². The van der Waals surface area contributed by atoms with Crippen LogP contribution in [0.3, 0.4) is 0 Å². The summed E-state index contributed by atoms with van der Waals surface area (Å²) in [6.45, 7) is 1.88. The Hall–Kier alpha value is -0.870. The van der Waals surface area contributed by atoms with E-state index < -0.39 is 0 Å². The van der Waals surface area contributed by atoms with Crippen molar-refractivity contribution in [3.63, 3.8) is 0 Å².